The van der Waals surface area contributed by atoms with E-state index < -0.39 is 35.5 Å². The molecule has 0 fully saturated rings. The van der Waals surface area contributed by atoms with Crippen LogP contribution in [0.15, 0.2) is 66.9 Å². The number of benzene rings is 3. The maximum Gasteiger partial charge on any atom is 0.419 e. The van der Waals surface area contributed by atoms with Gasteiger partial charge in [0.05, 0.1) is 24.8 Å². The van der Waals surface area contributed by atoms with Crippen LogP contribution in [-0.2, 0) is 11.0 Å². The van der Waals surface area contributed by atoms with E-state index in [2.05, 4.69) is 5.32 Å². The van der Waals surface area contributed by atoms with Crippen molar-refractivity contribution in [3.63, 3.8) is 0 Å². The van der Waals surface area contributed by atoms with Gasteiger partial charge < -0.3 is 19.9 Å². The van der Waals surface area contributed by atoms with Crippen LogP contribution < -0.4 is 14.8 Å². The van der Waals surface area contributed by atoms with E-state index in [4.69, 9.17) is 26.2 Å². The molecule has 1 unspecified atom stereocenters. The van der Waals surface area contributed by atoms with Gasteiger partial charge in [0.1, 0.15) is 23.4 Å². The number of carboxylic acid groups (broad SMARTS) is 1. The zero-order valence-corrected chi connectivity index (χ0v) is 21.7. The van der Waals surface area contributed by atoms with Crippen LogP contribution in [0.3, 0.4) is 0 Å². The second-order valence-electron chi connectivity index (χ2n) is 8.78. The minimum Gasteiger partial charge on any atom is -0.497 e. The van der Waals surface area contributed by atoms with Crippen LogP contribution in [-0.4, -0.2) is 35.3 Å². The smallest absolute Gasteiger partial charge is 0.419 e. The molecule has 0 saturated heterocycles. The third kappa shape index (κ3) is 6.66. The van der Waals surface area contributed by atoms with Crippen molar-refractivity contribution in [2.45, 2.75) is 25.1 Å². The van der Waals surface area contributed by atoms with Crippen LogP contribution in [0.2, 0.25) is 5.02 Å². The SMILES string of the molecule is COc1cc(NC(C(=O)n2ccc3cc(F)c(C(F)(F)F)cc32)c2ccc(Cl)cc2)cc(OCCCC(=O)O)c1. The number of nitrogens with zero attached hydrogens (tertiary/aromatic N) is 1. The predicted octanol–water partition coefficient (Wildman–Crippen LogP) is 7.20. The van der Waals surface area contributed by atoms with Gasteiger partial charge in [-0.15, -0.1) is 0 Å². The summed E-state index contributed by atoms with van der Waals surface area (Å²) in [5.74, 6) is -2.33. The van der Waals surface area contributed by atoms with Crippen LogP contribution in [0.1, 0.15) is 34.8 Å². The van der Waals surface area contributed by atoms with Gasteiger partial charge in [0.15, 0.2) is 0 Å². The van der Waals surface area contributed by atoms with Gasteiger partial charge in [-0.3, -0.25) is 14.2 Å². The molecule has 0 amide bonds. The number of carboxylic acids is 1. The summed E-state index contributed by atoms with van der Waals surface area (Å²) in [7, 11) is 1.43. The Morgan fingerprint density at radius 2 is 1.75 bits per heavy atom. The zero-order chi connectivity index (χ0) is 29.0. The topological polar surface area (TPSA) is 89.8 Å². The van der Waals surface area contributed by atoms with Gasteiger partial charge in [-0.05, 0) is 42.3 Å². The summed E-state index contributed by atoms with van der Waals surface area (Å²) in [6.07, 6.45) is -3.49. The monoisotopic (exact) mass is 578 g/mol. The number of hydrogen-bond donors (Lipinski definition) is 2. The van der Waals surface area contributed by atoms with Crippen LogP contribution >= 0.6 is 11.6 Å². The van der Waals surface area contributed by atoms with Crippen molar-refractivity contribution in [1.29, 1.82) is 0 Å². The van der Waals surface area contributed by atoms with Gasteiger partial charge >= 0.3 is 12.1 Å². The molecule has 0 saturated carbocycles. The number of methoxy groups -OCH3 is 1. The van der Waals surface area contributed by atoms with E-state index in [0.29, 0.717) is 33.8 Å². The molecule has 0 bridgehead atoms. The molecule has 1 atom stereocenters. The lowest BCUT2D eigenvalue weighted by Crippen LogP contribution is -2.26. The number of hydrogen-bond acceptors (Lipinski definition) is 5. The number of fused-ring (bicyclic) bond motifs is 1. The van der Waals surface area contributed by atoms with E-state index in [0.717, 1.165) is 10.6 Å². The highest BCUT2D eigenvalue weighted by molar-refractivity contribution is 6.30. The first-order chi connectivity index (χ1) is 19.0. The average Bonchev–Trinajstić information content (AvgIpc) is 3.31. The molecule has 0 aliphatic heterocycles. The highest BCUT2D eigenvalue weighted by Crippen LogP contribution is 2.35. The molecule has 0 aliphatic carbocycles. The first kappa shape index (κ1) is 28.8. The van der Waals surface area contributed by atoms with Crippen LogP contribution in [0.25, 0.3) is 10.9 Å². The summed E-state index contributed by atoms with van der Waals surface area (Å²) in [5, 5.41) is 12.4. The molecule has 1 aromatic heterocycles. The summed E-state index contributed by atoms with van der Waals surface area (Å²) in [5.41, 5.74) is -0.783. The summed E-state index contributed by atoms with van der Waals surface area (Å²) < 4.78 is 66.4. The van der Waals surface area contributed by atoms with Crippen molar-refractivity contribution in [2.24, 2.45) is 0 Å². The number of alkyl halides is 3. The Kier molecular flexibility index (Phi) is 8.53. The highest BCUT2D eigenvalue weighted by Gasteiger charge is 2.35. The summed E-state index contributed by atoms with van der Waals surface area (Å²) in [6, 6.07) is 12.6. The van der Waals surface area contributed by atoms with Crippen molar-refractivity contribution in [3.05, 3.63) is 88.8 Å². The second kappa shape index (κ2) is 11.9. The Hall–Kier alpha value is -4.25. The fraction of sp³-hybridized carbons (Fsp3) is 0.214. The molecule has 210 valence electrons. The standard InChI is InChI=1S/C28H23ClF4N2O5/c1-39-20-12-19(13-21(14-20)40-10-2-3-25(36)37)34-26(16-4-6-18(29)7-5-16)27(38)35-9-8-17-11-23(30)22(15-24(17)35)28(31,32)33/h4-9,11-15,26,34H,2-3,10H2,1H3,(H,36,37). The van der Waals surface area contributed by atoms with E-state index >= 15 is 0 Å². The van der Waals surface area contributed by atoms with Gasteiger partial charge in [-0.25, -0.2) is 4.39 Å². The molecule has 0 aliphatic rings. The molecular weight excluding hydrogens is 556 g/mol. The van der Waals surface area contributed by atoms with E-state index in [1.165, 1.54) is 19.4 Å². The van der Waals surface area contributed by atoms with Crippen LogP contribution in [0.4, 0.5) is 23.2 Å². The molecule has 4 aromatic rings. The summed E-state index contributed by atoms with van der Waals surface area (Å²) >= 11 is 6.03. The fourth-order valence-corrected chi connectivity index (χ4v) is 4.21. The third-order valence-corrected chi connectivity index (χ3v) is 6.25. The fourth-order valence-electron chi connectivity index (χ4n) is 4.08. The molecule has 12 heteroatoms. The number of carbonyl (C=O) groups is 2. The minimum atomic E-state index is -4.95. The van der Waals surface area contributed by atoms with Crippen molar-refractivity contribution < 1.29 is 41.7 Å². The van der Waals surface area contributed by atoms with E-state index in [1.807, 2.05) is 0 Å². The molecule has 0 radical (unpaired) electrons. The molecule has 40 heavy (non-hydrogen) atoms. The quantitative estimate of drug-likeness (QED) is 0.153. The molecule has 3 aromatic carbocycles. The average molecular weight is 579 g/mol. The van der Waals surface area contributed by atoms with E-state index in [1.54, 1.807) is 42.5 Å². The number of aliphatic carboxylic acids is 1. The van der Waals surface area contributed by atoms with E-state index in [9.17, 15) is 27.2 Å². The number of aromatic nitrogens is 1. The Labute approximate surface area is 230 Å². The highest BCUT2D eigenvalue weighted by atomic mass is 35.5. The maximum atomic E-state index is 14.1. The number of carbonyl (C=O) groups excluding carboxylic acids is 1. The Morgan fingerprint density at radius 3 is 2.40 bits per heavy atom. The number of ether oxygens (including phenoxy) is 2. The largest absolute Gasteiger partial charge is 0.497 e. The minimum absolute atomic E-state index is 0.0764. The van der Waals surface area contributed by atoms with E-state index in [-0.39, 0.29) is 30.4 Å². The Balaban J connectivity index is 1.72. The van der Waals surface area contributed by atoms with Crippen LogP contribution in [0, 0.1) is 5.82 Å². The van der Waals surface area contributed by atoms with Crippen molar-refractivity contribution in [1.82, 2.24) is 4.57 Å². The molecule has 2 N–H and O–H groups in total. The number of nitrogens with one attached hydrogen (secondary N) is 1. The van der Waals surface area contributed by atoms with Gasteiger partial charge in [0, 0.05) is 46.9 Å². The van der Waals surface area contributed by atoms with Gasteiger partial charge in [-0.1, -0.05) is 23.7 Å². The Bertz CT molecular complexity index is 1540. The summed E-state index contributed by atoms with van der Waals surface area (Å²) in [4.78, 5) is 24.6. The lowest BCUT2D eigenvalue weighted by atomic mass is 10.0. The molecule has 4 rings (SSSR count). The van der Waals surface area contributed by atoms with Gasteiger partial charge in [0.25, 0.3) is 5.91 Å². The van der Waals surface area contributed by atoms with Crippen molar-refractivity contribution in [3.8, 4) is 11.5 Å². The lowest BCUT2D eigenvalue weighted by molar-refractivity contribution is -0.140. The zero-order valence-electron chi connectivity index (χ0n) is 21.0. The number of rotatable bonds is 10. The summed E-state index contributed by atoms with van der Waals surface area (Å²) in [6.45, 7) is 0.117. The van der Waals surface area contributed by atoms with Crippen LogP contribution in [0.5, 0.6) is 11.5 Å². The van der Waals surface area contributed by atoms with Crippen molar-refractivity contribution >= 4 is 40.1 Å². The lowest BCUT2D eigenvalue weighted by Gasteiger charge is -2.21. The first-order valence-electron chi connectivity index (χ1n) is 11.9. The molecule has 1 heterocycles. The predicted molar refractivity (Wildman–Crippen MR) is 141 cm³/mol. The number of anilines is 1. The third-order valence-electron chi connectivity index (χ3n) is 6.00. The molecule has 0 spiro atoms. The van der Waals surface area contributed by atoms with Gasteiger partial charge in [0.2, 0.25) is 0 Å². The van der Waals surface area contributed by atoms with Gasteiger partial charge in [-0.2, -0.15) is 13.2 Å². The van der Waals surface area contributed by atoms with Crippen molar-refractivity contribution in [2.75, 3.05) is 19.0 Å². The Morgan fingerprint density at radius 1 is 1.05 bits per heavy atom. The number of halogens is 5. The first-order valence-corrected chi connectivity index (χ1v) is 12.3. The molecular formula is C28H23ClF4N2O5. The molecule has 7 nitrogen and oxygen atoms in total. The normalized spacial score (nSPS) is 12.2. The maximum absolute atomic E-state index is 14.1. The second-order valence-corrected chi connectivity index (χ2v) is 9.22.